The number of carbonyl (C=O) groups is 2. The number of para-hydroxylation sites is 2. The van der Waals surface area contributed by atoms with E-state index in [1.54, 1.807) is 36.4 Å². The summed E-state index contributed by atoms with van der Waals surface area (Å²) in [4.78, 5) is 41.3. The molecular formula is C32H25CrN8O16S2. The van der Waals surface area contributed by atoms with E-state index in [1.807, 2.05) is 0 Å². The number of hydrogen-bond acceptors (Lipinski definition) is 20. The number of nitrogens with one attached hydrogen (secondary N) is 2. The second kappa shape index (κ2) is 20.3. The standard InChI is InChI=1S/2C16H14N4O8S.Cr/c2*1-9(21)14(16(23)17-10-5-3-2-4-6-10)19-18-12-7-11(20(24)25)8-13(15(12)22)29(26,27)28;/h2*2-8,21-22H,1H3,(H,17,23)(H,26,27,28);/q;;+3/p-3/b14-9+,19-18?;14-9-,19-18?;. The van der Waals surface area contributed by atoms with Gasteiger partial charge in [-0.25, -0.2) is 16.8 Å². The summed E-state index contributed by atoms with van der Waals surface area (Å²) in [6.45, 7) is 1.97. The van der Waals surface area contributed by atoms with E-state index in [-0.39, 0.29) is 21.6 Å². The molecule has 0 unspecified atom stereocenters. The monoisotopic (exact) mass is 893 g/mol. The van der Waals surface area contributed by atoms with Crippen LogP contribution in [-0.4, -0.2) is 47.6 Å². The van der Waals surface area contributed by atoms with Crippen LogP contribution in [0.25, 0.3) is 0 Å². The third-order valence-electron chi connectivity index (χ3n) is 6.68. The van der Waals surface area contributed by atoms with E-state index in [9.17, 15) is 76.2 Å². The first-order valence-corrected chi connectivity index (χ1v) is 18.1. The number of hydrogen-bond donors (Lipinski definition) is 2. The van der Waals surface area contributed by atoms with Crippen LogP contribution in [0, 0.1) is 20.2 Å². The number of nitro benzene ring substituents is 2. The number of nitro groups is 2. The number of non-ortho nitro benzene ring substituents is 2. The van der Waals surface area contributed by atoms with Crippen LogP contribution < -0.4 is 31.1 Å². The second-order valence-corrected chi connectivity index (χ2v) is 13.6. The third kappa shape index (κ3) is 13.5. The minimum Gasteiger partial charge on any atom is -0.874 e. The predicted octanol–water partition coefficient (Wildman–Crippen LogP) is 2.11. The molecule has 27 heteroatoms. The Labute approximate surface area is 347 Å². The van der Waals surface area contributed by atoms with Gasteiger partial charge in [0.25, 0.3) is 23.2 Å². The van der Waals surface area contributed by atoms with Crippen molar-refractivity contribution in [3.8, 4) is 11.5 Å². The maximum absolute atomic E-state index is 12.2. The van der Waals surface area contributed by atoms with E-state index in [0.717, 1.165) is 13.8 Å². The van der Waals surface area contributed by atoms with Gasteiger partial charge in [0.05, 0.1) is 31.0 Å². The van der Waals surface area contributed by atoms with Crippen molar-refractivity contribution >= 4 is 66.2 Å². The van der Waals surface area contributed by atoms with Crippen molar-refractivity contribution in [2.45, 2.75) is 23.6 Å². The van der Waals surface area contributed by atoms with Crippen LogP contribution in [0.1, 0.15) is 18.1 Å². The summed E-state index contributed by atoms with van der Waals surface area (Å²) in [6.07, 6.45) is 0. The molecule has 4 rings (SSSR count). The van der Waals surface area contributed by atoms with Crippen molar-refractivity contribution in [3.05, 3.63) is 128 Å². The number of nitrogens with zero attached hydrogens (tertiary/aromatic N) is 6. The van der Waals surface area contributed by atoms with Crippen LogP contribution in [0.3, 0.4) is 0 Å². The summed E-state index contributed by atoms with van der Waals surface area (Å²) in [5.41, 5.74) is -4.49. The SMILES string of the molecule is C/C([O-])=C(/N=Nc1cc([N+](=O)[O-])cc(S(=O)(=O)[O-])c1[O-])C(=O)Nc1ccccc1.C/C([O-])=C(\N=Nc1cc([N+](=O)[O-])cc(S(=O)(=O)[O-])c1[O-])C(=O)Nc1ccccc1.[Cr+3].[H+].[H+].[H+]. The Morgan fingerprint density at radius 2 is 0.915 bits per heavy atom. The van der Waals surface area contributed by atoms with Crippen molar-refractivity contribution in [1.29, 1.82) is 0 Å². The molecule has 2 amide bonds. The molecule has 2 N–H and O–H groups in total. The van der Waals surface area contributed by atoms with Gasteiger partial charge in [0.1, 0.15) is 31.6 Å². The summed E-state index contributed by atoms with van der Waals surface area (Å²) >= 11 is 0. The van der Waals surface area contributed by atoms with Gasteiger partial charge in [-0.15, -0.1) is 21.7 Å². The van der Waals surface area contributed by atoms with E-state index in [1.165, 1.54) is 24.3 Å². The van der Waals surface area contributed by atoms with Gasteiger partial charge in [0.2, 0.25) is 0 Å². The molecule has 0 spiro atoms. The molecule has 0 aromatic heterocycles. The van der Waals surface area contributed by atoms with Gasteiger partial charge in [-0.1, -0.05) is 61.7 Å². The van der Waals surface area contributed by atoms with E-state index in [2.05, 4.69) is 31.1 Å². The van der Waals surface area contributed by atoms with E-state index < -0.39 is 109 Å². The number of carbonyl (C=O) groups excluding carboxylic acids is 2. The van der Waals surface area contributed by atoms with Crippen LogP contribution in [0.15, 0.2) is 138 Å². The van der Waals surface area contributed by atoms with Crippen LogP contribution in [0.5, 0.6) is 11.5 Å². The summed E-state index contributed by atoms with van der Waals surface area (Å²) in [7, 11) is -10.7. The Morgan fingerprint density at radius 3 is 1.17 bits per heavy atom. The zero-order valence-corrected chi connectivity index (χ0v) is 32.4. The summed E-state index contributed by atoms with van der Waals surface area (Å²) < 4.78 is 67.0. The van der Waals surface area contributed by atoms with Crippen molar-refractivity contribution in [3.63, 3.8) is 0 Å². The minimum atomic E-state index is -5.35. The first-order valence-electron chi connectivity index (χ1n) is 15.2. The van der Waals surface area contributed by atoms with E-state index >= 15 is 0 Å². The molecule has 0 fully saturated rings. The minimum absolute atomic E-state index is 0. The number of amides is 2. The average molecular weight is 894 g/mol. The number of rotatable bonds is 12. The molecular weight excluding hydrogens is 869 g/mol. The third-order valence-corrected chi connectivity index (χ3v) is 8.36. The number of benzene rings is 4. The molecule has 4 aromatic rings. The molecule has 0 bridgehead atoms. The van der Waals surface area contributed by atoms with Crippen molar-refractivity contribution in [1.82, 2.24) is 0 Å². The molecule has 0 saturated heterocycles. The number of anilines is 2. The predicted molar refractivity (Wildman–Crippen MR) is 189 cm³/mol. The topological polar surface area (TPSA) is 401 Å². The smallest absolute Gasteiger partial charge is 0.874 e. The van der Waals surface area contributed by atoms with Crippen LogP contribution >= 0.6 is 0 Å². The van der Waals surface area contributed by atoms with Gasteiger partial charge in [0, 0.05) is 35.6 Å². The maximum Gasteiger partial charge on any atom is 3.00 e. The molecule has 0 aliphatic carbocycles. The van der Waals surface area contributed by atoms with E-state index in [0.29, 0.717) is 35.6 Å². The van der Waals surface area contributed by atoms with Crippen molar-refractivity contribution in [2.24, 2.45) is 20.5 Å². The number of azo groups is 2. The molecule has 0 aliphatic rings. The summed E-state index contributed by atoms with van der Waals surface area (Å²) in [5.74, 6) is -6.58. The molecule has 4 aromatic carbocycles. The molecule has 0 heterocycles. The fraction of sp³-hybridized carbons (Fsp3) is 0.0625. The maximum atomic E-state index is 12.2. The van der Waals surface area contributed by atoms with Crippen molar-refractivity contribution in [2.75, 3.05) is 10.6 Å². The molecule has 307 valence electrons. The Morgan fingerprint density at radius 1 is 0.610 bits per heavy atom. The van der Waals surface area contributed by atoms with Gasteiger partial charge in [-0.2, -0.15) is 10.2 Å². The van der Waals surface area contributed by atoms with Gasteiger partial charge in [-0.05, 0) is 24.3 Å². The quantitative estimate of drug-likeness (QED) is 0.0513. The van der Waals surface area contributed by atoms with Gasteiger partial charge in [-0.3, -0.25) is 29.8 Å². The molecule has 1 radical (unpaired) electrons. The second-order valence-electron chi connectivity index (χ2n) is 10.9. The van der Waals surface area contributed by atoms with Crippen LogP contribution in [0.2, 0.25) is 0 Å². The van der Waals surface area contributed by atoms with Crippen molar-refractivity contribution < 1.29 is 87.4 Å². The Kier molecular flexibility index (Phi) is 16.5. The molecule has 0 aliphatic heterocycles. The Balaban J connectivity index is 0. The fourth-order valence-corrected chi connectivity index (χ4v) is 5.25. The molecule has 0 saturated carbocycles. The first kappa shape index (κ1) is 48.0. The van der Waals surface area contributed by atoms with Gasteiger partial charge < -0.3 is 40.2 Å². The van der Waals surface area contributed by atoms with Gasteiger partial charge in [0.15, 0.2) is 0 Å². The van der Waals surface area contributed by atoms with Crippen LogP contribution in [-0.2, 0) is 47.2 Å². The zero-order valence-electron chi connectivity index (χ0n) is 32.5. The first-order chi connectivity index (χ1) is 27.0. The molecule has 0 atom stereocenters. The molecule has 24 nitrogen and oxygen atoms in total. The van der Waals surface area contributed by atoms with Gasteiger partial charge >= 0.3 is 21.6 Å². The Bertz CT molecular complexity index is 2450. The largest absolute Gasteiger partial charge is 3.00 e. The van der Waals surface area contributed by atoms with E-state index in [4.69, 9.17) is 0 Å². The zero-order chi connectivity index (χ0) is 43.5. The molecule has 59 heavy (non-hydrogen) atoms. The summed E-state index contributed by atoms with van der Waals surface area (Å²) in [6, 6.07) is 17.6. The average Bonchev–Trinajstić information content (AvgIpc) is 3.12. The Hall–Kier alpha value is -7.15. The fourth-order valence-electron chi connectivity index (χ4n) is 4.06. The summed E-state index contributed by atoms with van der Waals surface area (Å²) in [5, 5.41) is 87.4. The number of allylic oxidation sites excluding steroid dienone is 2. The van der Waals surface area contributed by atoms with Crippen LogP contribution in [0.4, 0.5) is 34.1 Å². The normalized spacial score (nSPS) is 12.3.